The number of hydrogen-bond donors (Lipinski definition) is 1. The van der Waals surface area contributed by atoms with E-state index in [-0.39, 0.29) is 16.3 Å². The molecule has 0 atom stereocenters. The molecule has 0 aliphatic carbocycles. The minimum Gasteiger partial charge on any atom is -0.497 e. The van der Waals surface area contributed by atoms with Gasteiger partial charge >= 0.3 is 0 Å². The van der Waals surface area contributed by atoms with E-state index in [0.717, 1.165) is 17.7 Å². The lowest BCUT2D eigenvalue weighted by Gasteiger charge is -2.07. The Morgan fingerprint density at radius 3 is 2.38 bits per heavy atom. The summed E-state index contributed by atoms with van der Waals surface area (Å²) < 4.78 is 42.7. The number of hydrogen-bond acceptors (Lipinski definition) is 4. The van der Waals surface area contributed by atoms with E-state index in [1.165, 1.54) is 6.07 Å². The Bertz CT molecular complexity index is 707. The first-order chi connectivity index (χ1) is 9.90. The highest BCUT2D eigenvalue weighted by atomic mass is 32.2. The molecule has 2 rings (SSSR count). The van der Waals surface area contributed by atoms with Crippen molar-refractivity contribution in [1.29, 1.82) is 0 Å². The summed E-state index contributed by atoms with van der Waals surface area (Å²) in [5.41, 5.74) is 6.44. The van der Waals surface area contributed by atoms with Gasteiger partial charge in [-0.15, -0.1) is 0 Å². The summed E-state index contributed by atoms with van der Waals surface area (Å²) in [4.78, 5) is -0.0893. The second kappa shape index (κ2) is 6.13. The molecule has 6 heteroatoms. The summed E-state index contributed by atoms with van der Waals surface area (Å²) in [6.07, 6.45) is 0.336. The summed E-state index contributed by atoms with van der Waals surface area (Å²) in [5.74, 6) is -0.0556. The Labute approximate surface area is 123 Å². The lowest BCUT2D eigenvalue weighted by molar-refractivity contribution is 0.414. The third-order valence-electron chi connectivity index (χ3n) is 3.07. The Morgan fingerprint density at radius 1 is 1.14 bits per heavy atom. The Kier molecular flexibility index (Phi) is 4.47. The fourth-order valence-corrected chi connectivity index (χ4v) is 3.27. The van der Waals surface area contributed by atoms with Gasteiger partial charge in [-0.3, -0.25) is 0 Å². The van der Waals surface area contributed by atoms with Crippen LogP contribution in [-0.4, -0.2) is 21.3 Å². The molecule has 0 radical (unpaired) electrons. The van der Waals surface area contributed by atoms with Crippen molar-refractivity contribution in [2.45, 2.75) is 11.3 Å². The summed E-state index contributed by atoms with van der Waals surface area (Å²) in [6.45, 7) is 0. The molecular formula is C15H16FNO3S. The molecule has 0 spiro atoms. The monoisotopic (exact) mass is 309 g/mol. The fraction of sp³-hybridized carbons (Fsp3) is 0.200. The van der Waals surface area contributed by atoms with Crippen LogP contribution in [0.25, 0.3) is 0 Å². The Balaban J connectivity index is 2.13. The Morgan fingerprint density at radius 2 is 1.81 bits per heavy atom. The summed E-state index contributed by atoms with van der Waals surface area (Å²) >= 11 is 0. The molecule has 0 saturated carbocycles. The lowest BCUT2D eigenvalue weighted by atomic mass is 10.2. The van der Waals surface area contributed by atoms with Gasteiger partial charge in [-0.1, -0.05) is 12.1 Å². The maximum atomic E-state index is 13.2. The van der Waals surface area contributed by atoms with Gasteiger partial charge in [0.05, 0.1) is 17.8 Å². The first-order valence-corrected chi connectivity index (χ1v) is 7.98. The van der Waals surface area contributed by atoms with Crippen molar-refractivity contribution >= 4 is 15.5 Å². The molecule has 0 aliphatic heterocycles. The average molecular weight is 309 g/mol. The first kappa shape index (κ1) is 15.3. The molecule has 112 valence electrons. The SMILES string of the molecule is COc1ccc(CCS(=O)(=O)c2cc(N)cc(F)c2)cc1. The van der Waals surface area contributed by atoms with Gasteiger partial charge in [-0.05, 0) is 42.3 Å². The molecule has 0 unspecified atom stereocenters. The van der Waals surface area contributed by atoms with Crippen LogP contribution < -0.4 is 10.5 Å². The highest BCUT2D eigenvalue weighted by molar-refractivity contribution is 7.91. The van der Waals surface area contributed by atoms with E-state index < -0.39 is 15.7 Å². The first-order valence-electron chi connectivity index (χ1n) is 6.32. The third-order valence-corrected chi connectivity index (χ3v) is 4.77. The molecule has 0 aliphatic rings. The molecule has 2 N–H and O–H groups in total. The second-order valence-corrected chi connectivity index (χ2v) is 6.75. The average Bonchev–Trinajstić information content (AvgIpc) is 2.45. The number of methoxy groups -OCH3 is 1. The minimum atomic E-state index is -3.57. The van der Waals surface area contributed by atoms with Crippen molar-refractivity contribution < 1.29 is 17.5 Å². The minimum absolute atomic E-state index is 0.0893. The molecule has 0 bridgehead atoms. The molecule has 0 fully saturated rings. The van der Waals surface area contributed by atoms with Gasteiger partial charge in [0.2, 0.25) is 0 Å². The highest BCUT2D eigenvalue weighted by Gasteiger charge is 2.16. The van der Waals surface area contributed by atoms with E-state index in [2.05, 4.69) is 0 Å². The standard InChI is InChI=1S/C15H16FNO3S/c1-20-14-4-2-11(3-5-14)6-7-21(18,19)15-9-12(16)8-13(17)10-15/h2-5,8-10H,6-7,17H2,1H3. The van der Waals surface area contributed by atoms with Crippen LogP contribution in [-0.2, 0) is 16.3 Å². The molecule has 0 saturated heterocycles. The van der Waals surface area contributed by atoms with Crippen LogP contribution in [0.1, 0.15) is 5.56 Å². The van der Waals surface area contributed by atoms with Crippen molar-refractivity contribution in [3.8, 4) is 5.75 Å². The summed E-state index contributed by atoms with van der Waals surface area (Å²) in [6, 6.07) is 10.5. The summed E-state index contributed by atoms with van der Waals surface area (Å²) in [5, 5.41) is 0. The number of sulfone groups is 1. The van der Waals surface area contributed by atoms with Crippen LogP contribution in [0.2, 0.25) is 0 Å². The molecule has 21 heavy (non-hydrogen) atoms. The van der Waals surface area contributed by atoms with Crippen LogP contribution in [0.4, 0.5) is 10.1 Å². The second-order valence-electron chi connectivity index (χ2n) is 4.64. The van der Waals surface area contributed by atoms with Crippen LogP contribution >= 0.6 is 0 Å². The van der Waals surface area contributed by atoms with Gasteiger partial charge < -0.3 is 10.5 Å². The summed E-state index contributed by atoms with van der Waals surface area (Å²) in [7, 11) is -2.01. The Hall–Kier alpha value is -2.08. The number of rotatable bonds is 5. The zero-order valence-electron chi connectivity index (χ0n) is 11.5. The topological polar surface area (TPSA) is 69.4 Å². The highest BCUT2D eigenvalue weighted by Crippen LogP contribution is 2.19. The fourth-order valence-electron chi connectivity index (χ4n) is 1.93. The van der Waals surface area contributed by atoms with Gasteiger partial charge in [0.15, 0.2) is 9.84 Å². The largest absolute Gasteiger partial charge is 0.497 e. The lowest BCUT2D eigenvalue weighted by Crippen LogP contribution is -2.10. The normalized spacial score (nSPS) is 11.3. The molecule has 0 heterocycles. The van der Waals surface area contributed by atoms with Gasteiger partial charge in [-0.25, -0.2) is 12.8 Å². The van der Waals surface area contributed by atoms with Gasteiger partial charge in [0, 0.05) is 5.69 Å². The molecule has 0 amide bonds. The van der Waals surface area contributed by atoms with Crippen LogP contribution in [0.3, 0.4) is 0 Å². The van der Waals surface area contributed by atoms with Crippen molar-refractivity contribution in [2.24, 2.45) is 0 Å². The molecule has 0 aromatic heterocycles. The molecular weight excluding hydrogens is 293 g/mol. The predicted molar refractivity (Wildman–Crippen MR) is 79.6 cm³/mol. The zero-order valence-corrected chi connectivity index (χ0v) is 12.4. The number of benzene rings is 2. The number of nitrogens with two attached hydrogens (primary N) is 1. The van der Waals surface area contributed by atoms with Crippen LogP contribution in [0.5, 0.6) is 5.75 Å². The maximum Gasteiger partial charge on any atom is 0.178 e. The van der Waals surface area contributed by atoms with Crippen molar-refractivity contribution in [2.75, 3.05) is 18.6 Å². The van der Waals surface area contributed by atoms with E-state index in [0.29, 0.717) is 12.2 Å². The van der Waals surface area contributed by atoms with Gasteiger partial charge in [0.25, 0.3) is 0 Å². The van der Waals surface area contributed by atoms with Crippen LogP contribution in [0, 0.1) is 5.82 Å². The van der Waals surface area contributed by atoms with Gasteiger partial charge in [-0.2, -0.15) is 0 Å². The number of nitrogen functional groups attached to an aromatic ring is 1. The zero-order chi connectivity index (χ0) is 15.5. The van der Waals surface area contributed by atoms with Gasteiger partial charge in [0.1, 0.15) is 11.6 Å². The van der Waals surface area contributed by atoms with E-state index in [1.807, 2.05) is 0 Å². The van der Waals surface area contributed by atoms with Crippen molar-refractivity contribution in [1.82, 2.24) is 0 Å². The number of anilines is 1. The smallest absolute Gasteiger partial charge is 0.178 e. The number of aryl methyl sites for hydroxylation is 1. The van der Waals surface area contributed by atoms with Crippen molar-refractivity contribution in [3.63, 3.8) is 0 Å². The number of ether oxygens (including phenoxy) is 1. The van der Waals surface area contributed by atoms with E-state index >= 15 is 0 Å². The van der Waals surface area contributed by atoms with Crippen LogP contribution in [0.15, 0.2) is 47.4 Å². The van der Waals surface area contributed by atoms with E-state index in [1.54, 1.807) is 31.4 Å². The number of halogens is 1. The quantitative estimate of drug-likeness (QED) is 0.861. The third kappa shape index (κ3) is 3.95. The van der Waals surface area contributed by atoms with Crippen molar-refractivity contribution in [3.05, 3.63) is 53.8 Å². The van der Waals surface area contributed by atoms with E-state index in [4.69, 9.17) is 10.5 Å². The predicted octanol–water partition coefficient (Wildman–Crippen LogP) is 2.43. The molecule has 2 aromatic rings. The van der Waals surface area contributed by atoms with E-state index in [9.17, 15) is 12.8 Å². The molecule has 2 aromatic carbocycles. The maximum absolute atomic E-state index is 13.2. The molecule has 4 nitrogen and oxygen atoms in total.